The van der Waals surface area contributed by atoms with Gasteiger partial charge in [0.1, 0.15) is 0 Å². The Morgan fingerprint density at radius 3 is 2.78 bits per heavy atom. The maximum atomic E-state index is 4.28. The molecule has 1 aliphatic heterocycles. The van der Waals surface area contributed by atoms with Gasteiger partial charge in [-0.2, -0.15) is 0 Å². The van der Waals surface area contributed by atoms with Crippen LogP contribution in [0.3, 0.4) is 0 Å². The van der Waals surface area contributed by atoms with Gasteiger partial charge in [-0.05, 0) is 21.2 Å². The number of hydrogen-bond acceptors (Lipinski definition) is 0. The van der Waals surface area contributed by atoms with Crippen LogP contribution in [-0.4, -0.2) is 0 Å². The summed E-state index contributed by atoms with van der Waals surface area (Å²) in [5.74, 6) is 0. The van der Waals surface area contributed by atoms with Gasteiger partial charge in [-0.1, -0.05) is 13.3 Å². The lowest BCUT2D eigenvalue weighted by atomic mass is 10.3. The van der Waals surface area contributed by atoms with E-state index in [0.29, 0.717) is 0 Å². The average Bonchev–Trinajstić information content (AvgIpc) is 2.18. The topological polar surface area (TPSA) is 14.1 Å². The Morgan fingerprint density at radius 1 is 1.56 bits per heavy atom. The molecule has 0 N–H and O–H groups in total. The first-order valence-electron chi connectivity index (χ1n) is 3.16. The van der Waals surface area contributed by atoms with E-state index in [1.807, 2.05) is 0 Å². The first-order chi connectivity index (χ1) is 4.34. The fourth-order valence-electron chi connectivity index (χ4n) is 0.741. The summed E-state index contributed by atoms with van der Waals surface area (Å²) in [5.41, 5.74) is 1.28. The van der Waals surface area contributed by atoms with E-state index in [0.717, 1.165) is 0 Å². The summed E-state index contributed by atoms with van der Waals surface area (Å²) in [6, 6.07) is 0. The first kappa shape index (κ1) is 7.25. The average molecular weight is 158 g/mol. The third-order valence-electron chi connectivity index (χ3n) is 1.26. The highest BCUT2D eigenvalue weighted by Crippen LogP contribution is 2.37. The summed E-state index contributed by atoms with van der Waals surface area (Å²) in [6.07, 6.45) is 2.49. The van der Waals surface area contributed by atoms with Gasteiger partial charge in [0.05, 0.1) is 13.7 Å². The molecule has 0 unspecified atom stereocenters. The number of allylic oxidation sites excluding steroid dienone is 2. The summed E-state index contributed by atoms with van der Waals surface area (Å²) in [6.45, 7) is 4.32. The molecule has 0 aromatic carbocycles. The van der Waals surface area contributed by atoms with Crippen LogP contribution in [0.25, 0.3) is 0 Å². The Morgan fingerprint density at radius 2 is 2.33 bits per heavy atom. The Kier molecular flexibility index (Phi) is 2.69. The minimum atomic E-state index is 1.23. The Balaban J connectivity index is 2.54. The van der Waals surface area contributed by atoms with E-state index in [1.165, 1.54) is 34.4 Å². The summed E-state index contributed by atoms with van der Waals surface area (Å²) < 4.78 is 0. The normalized spacial score (nSPS) is 20.2. The number of rotatable bonds is 2. The summed E-state index contributed by atoms with van der Waals surface area (Å²) in [7, 11) is 2.64. The molecule has 1 heterocycles. The van der Waals surface area contributed by atoms with Crippen molar-refractivity contribution in [2.45, 2.75) is 26.7 Å². The van der Waals surface area contributed by atoms with E-state index in [4.69, 9.17) is 0 Å². The Bertz CT molecular complexity index is 160. The first-order valence-corrected chi connectivity index (χ1v) is 5.61. The van der Waals surface area contributed by atoms with Gasteiger partial charge in [0.15, 0.2) is 0 Å². The number of hydrogen-bond donors (Lipinski definition) is 0. The van der Waals surface area contributed by atoms with E-state index >= 15 is 0 Å². The molecular weight excluding hydrogens is 148 g/mol. The van der Waals surface area contributed by atoms with Crippen molar-refractivity contribution >= 4 is 15.9 Å². The zero-order chi connectivity index (χ0) is 6.69. The monoisotopic (exact) mass is 158 g/mol. The van der Waals surface area contributed by atoms with Crippen LogP contribution in [0.1, 0.15) is 26.7 Å². The molecule has 9 heavy (non-hydrogen) atoms. The predicted molar refractivity (Wildman–Crippen MR) is 43.6 cm³/mol. The lowest BCUT2D eigenvalue weighted by Crippen LogP contribution is -1.83. The smallest absolute Gasteiger partial charge is 0.0699 e. The maximum Gasteiger partial charge on any atom is 0.0699 e. The molecule has 0 spiro atoms. The molecule has 1 aliphatic rings. The summed E-state index contributed by atoms with van der Waals surface area (Å²) in [4.78, 5) is 0. The third-order valence-corrected chi connectivity index (χ3v) is 3.79. The van der Waals surface area contributed by atoms with Crippen molar-refractivity contribution in [3.63, 3.8) is 0 Å². The quantitative estimate of drug-likeness (QED) is 0.547. The van der Waals surface area contributed by atoms with Crippen molar-refractivity contribution in [1.29, 1.82) is 0 Å². The van der Waals surface area contributed by atoms with Crippen LogP contribution in [0.15, 0.2) is 11.0 Å². The van der Waals surface area contributed by atoms with Gasteiger partial charge in [0.25, 0.3) is 0 Å². The minimum absolute atomic E-state index is 1.23. The predicted octanol–water partition coefficient (Wildman–Crippen LogP) is 3.36. The van der Waals surface area contributed by atoms with Crippen molar-refractivity contribution < 1.29 is 0 Å². The van der Waals surface area contributed by atoms with Gasteiger partial charge in [-0.3, -0.25) is 0 Å². The molecule has 1 rings (SSSR count). The minimum Gasteiger partial charge on any atom is -0.227 e. The van der Waals surface area contributed by atoms with Crippen LogP contribution < -0.4 is 5.09 Å². The molecule has 0 saturated heterocycles. The van der Waals surface area contributed by atoms with E-state index in [9.17, 15) is 0 Å². The highest BCUT2D eigenvalue weighted by Gasteiger charge is 2.04. The molecule has 0 fully saturated rings. The molecule has 0 aliphatic carbocycles. The molecule has 0 aromatic rings. The standard InChI is InChI=1S/C6H10NP2/c1-3-4-6-5(2)7-9-8-6/h3-4H2,1-2H3. The van der Waals surface area contributed by atoms with Gasteiger partial charge >= 0.3 is 0 Å². The van der Waals surface area contributed by atoms with E-state index in [-0.39, 0.29) is 0 Å². The van der Waals surface area contributed by atoms with E-state index in [2.05, 4.69) is 18.9 Å². The van der Waals surface area contributed by atoms with Crippen LogP contribution in [0.2, 0.25) is 0 Å². The molecular formula is C6H10NP2. The van der Waals surface area contributed by atoms with Crippen LogP contribution in [0, 0.1) is 0 Å². The van der Waals surface area contributed by atoms with Crippen LogP contribution in [-0.2, 0) is 0 Å². The van der Waals surface area contributed by atoms with Gasteiger partial charge < -0.3 is 0 Å². The van der Waals surface area contributed by atoms with Crippen LogP contribution >= 0.6 is 15.9 Å². The van der Waals surface area contributed by atoms with Gasteiger partial charge in [0, 0.05) is 5.31 Å². The maximum absolute atomic E-state index is 4.28. The second-order valence-electron chi connectivity index (χ2n) is 2.07. The fraction of sp³-hybridized carbons (Fsp3) is 0.667. The lowest BCUT2D eigenvalue weighted by Gasteiger charge is -1.94. The largest absolute Gasteiger partial charge is 0.227 e. The molecule has 0 saturated carbocycles. The summed E-state index contributed by atoms with van der Waals surface area (Å²) >= 11 is 0. The second kappa shape index (κ2) is 3.34. The molecule has 0 amide bonds. The van der Waals surface area contributed by atoms with E-state index in [1.54, 1.807) is 5.31 Å². The van der Waals surface area contributed by atoms with E-state index < -0.39 is 0 Å². The van der Waals surface area contributed by atoms with Crippen molar-refractivity contribution in [3.8, 4) is 0 Å². The van der Waals surface area contributed by atoms with Crippen LogP contribution in [0.4, 0.5) is 0 Å². The van der Waals surface area contributed by atoms with Gasteiger partial charge in [-0.15, -0.1) is 0 Å². The van der Waals surface area contributed by atoms with Crippen LogP contribution in [0.5, 0.6) is 0 Å². The Hall–Kier alpha value is 0.140. The highest BCUT2D eigenvalue weighted by atomic mass is 31.7. The molecule has 49 valence electrons. The molecule has 0 atom stereocenters. The highest BCUT2D eigenvalue weighted by molar-refractivity contribution is 7.85. The zero-order valence-electron chi connectivity index (χ0n) is 5.76. The van der Waals surface area contributed by atoms with Crippen molar-refractivity contribution in [1.82, 2.24) is 5.09 Å². The second-order valence-corrected chi connectivity index (χ2v) is 4.33. The SMILES string of the molecule is CCCC1=C(C)[N]P=P1. The molecule has 1 nitrogen and oxygen atoms in total. The third kappa shape index (κ3) is 1.78. The van der Waals surface area contributed by atoms with Gasteiger partial charge in [0.2, 0.25) is 0 Å². The summed E-state index contributed by atoms with van der Waals surface area (Å²) in [5, 5.41) is 5.82. The van der Waals surface area contributed by atoms with Crippen molar-refractivity contribution in [2.24, 2.45) is 0 Å². The molecule has 0 bridgehead atoms. The lowest BCUT2D eigenvalue weighted by molar-refractivity contribution is 0.927. The Labute approximate surface area is 59.4 Å². The fourth-order valence-corrected chi connectivity index (χ4v) is 3.34. The van der Waals surface area contributed by atoms with Gasteiger partial charge in [-0.25, -0.2) is 5.09 Å². The molecule has 1 radical (unpaired) electrons. The zero-order valence-corrected chi connectivity index (χ0v) is 7.54. The number of nitrogens with zero attached hydrogens (tertiary/aromatic N) is 1. The molecule has 0 aromatic heterocycles. The molecule has 3 heteroatoms. The van der Waals surface area contributed by atoms with Crippen molar-refractivity contribution in [3.05, 3.63) is 11.0 Å². The van der Waals surface area contributed by atoms with Crippen molar-refractivity contribution in [2.75, 3.05) is 0 Å².